The Labute approximate surface area is 342 Å². The molecule has 0 aliphatic carbocycles. The number of ether oxygens (including phenoxy) is 4. The van der Waals surface area contributed by atoms with E-state index in [0.717, 1.165) is 67.5 Å². The highest BCUT2D eigenvalue weighted by molar-refractivity contribution is 5.84. The molecule has 6 rings (SSSR count). The van der Waals surface area contributed by atoms with Crippen molar-refractivity contribution in [2.75, 3.05) is 37.2 Å². The highest BCUT2D eigenvalue weighted by Crippen LogP contribution is 2.41. The van der Waals surface area contributed by atoms with Gasteiger partial charge >= 0.3 is 12.1 Å². The molecule has 0 spiro atoms. The first kappa shape index (κ1) is 41.3. The summed E-state index contributed by atoms with van der Waals surface area (Å²) >= 11 is 0. The maximum atomic E-state index is 11.5. The molecule has 0 saturated carbocycles. The van der Waals surface area contributed by atoms with E-state index in [2.05, 4.69) is 165 Å². The predicted molar refractivity (Wildman–Crippen MR) is 233 cm³/mol. The minimum atomic E-state index is -0.675. The average molecular weight is 777 g/mol. The molecule has 298 valence electrons. The first-order valence-electron chi connectivity index (χ1n) is 19.5. The summed E-state index contributed by atoms with van der Waals surface area (Å²) in [7, 11) is 2.66. The lowest BCUT2D eigenvalue weighted by Gasteiger charge is -2.29. The van der Waals surface area contributed by atoms with Crippen LogP contribution in [-0.2, 0) is 36.8 Å². The summed E-state index contributed by atoms with van der Waals surface area (Å²) in [5, 5.41) is 0. The van der Waals surface area contributed by atoms with Gasteiger partial charge in [0.05, 0.1) is 27.4 Å². The van der Waals surface area contributed by atoms with Crippen molar-refractivity contribution in [2.45, 2.75) is 54.6 Å². The lowest BCUT2D eigenvalue weighted by Crippen LogP contribution is -2.12. The van der Waals surface area contributed by atoms with E-state index in [-0.39, 0.29) is 13.2 Å². The van der Waals surface area contributed by atoms with Gasteiger partial charge in [-0.25, -0.2) is 9.59 Å². The molecular formula is C50H52N2O6. The van der Waals surface area contributed by atoms with Crippen LogP contribution in [0.3, 0.4) is 0 Å². The van der Waals surface area contributed by atoms with Crippen LogP contribution in [0.25, 0.3) is 11.1 Å². The van der Waals surface area contributed by atoms with Crippen LogP contribution < -0.4 is 9.80 Å². The Morgan fingerprint density at radius 1 is 0.483 bits per heavy atom. The SMILES string of the molecule is COC(=O)COCc1ccc(N(c2ccc(C)c(C)c2)c2ccc(-c3ccc(N(c4ccc(CCOC(=O)OC)cc4)c4ccc(C)c(C)c4)c(C)c3)cc2C)cc1. The Kier molecular flexibility index (Phi) is 13.3. The van der Waals surface area contributed by atoms with Gasteiger partial charge in [0.15, 0.2) is 0 Å². The number of anilines is 6. The van der Waals surface area contributed by atoms with Crippen molar-refractivity contribution in [3.05, 3.63) is 166 Å². The first-order chi connectivity index (χ1) is 27.9. The Hall–Kier alpha value is -6.38. The number of carbonyl (C=O) groups excluding carboxylic acids is 2. The van der Waals surface area contributed by atoms with Gasteiger partial charge in [0.2, 0.25) is 0 Å². The van der Waals surface area contributed by atoms with E-state index < -0.39 is 12.1 Å². The largest absolute Gasteiger partial charge is 0.507 e. The van der Waals surface area contributed by atoms with Crippen LogP contribution in [0.4, 0.5) is 38.9 Å². The van der Waals surface area contributed by atoms with E-state index >= 15 is 0 Å². The third-order valence-electron chi connectivity index (χ3n) is 10.6. The molecule has 8 nitrogen and oxygen atoms in total. The molecule has 0 amide bonds. The molecule has 0 unspecified atom stereocenters. The summed E-state index contributed by atoms with van der Waals surface area (Å²) < 4.78 is 20.0. The molecule has 0 saturated heterocycles. The number of hydrogen-bond acceptors (Lipinski definition) is 8. The second-order valence-electron chi connectivity index (χ2n) is 14.7. The number of hydrogen-bond donors (Lipinski definition) is 0. The smallest absolute Gasteiger partial charge is 0.467 e. The summed E-state index contributed by atoms with van der Waals surface area (Å²) in [5.74, 6) is -0.397. The van der Waals surface area contributed by atoms with E-state index in [9.17, 15) is 9.59 Å². The van der Waals surface area contributed by atoms with Gasteiger partial charge in [-0.1, -0.05) is 48.5 Å². The van der Waals surface area contributed by atoms with Crippen molar-refractivity contribution in [3.8, 4) is 11.1 Å². The topological polar surface area (TPSA) is 77.5 Å². The van der Waals surface area contributed by atoms with E-state index in [1.54, 1.807) is 0 Å². The van der Waals surface area contributed by atoms with Crippen LogP contribution in [0.1, 0.15) is 44.5 Å². The summed E-state index contributed by atoms with van der Waals surface area (Å²) in [6.07, 6.45) is -0.0830. The minimum Gasteiger partial charge on any atom is -0.467 e. The van der Waals surface area contributed by atoms with Crippen LogP contribution in [0, 0.1) is 41.5 Å². The number of rotatable bonds is 14. The van der Waals surface area contributed by atoms with Crippen LogP contribution in [0.5, 0.6) is 0 Å². The molecular weight excluding hydrogens is 725 g/mol. The molecule has 0 aliphatic rings. The lowest BCUT2D eigenvalue weighted by molar-refractivity contribution is -0.146. The van der Waals surface area contributed by atoms with E-state index in [4.69, 9.17) is 14.2 Å². The number of esters is 1. The van der Waals surface area contributed by atoms with Gasteiger partial charge in [-0.15, -0.1) is 0 Å². The molecule has 58 heavy (non-hydrogen) atoms. The second-order valence-corrected chi connectivity index (χ2v) is 14.7. The molecule has 0 aromatic heterocycles. The standard InChI is InChI=1S/C50H52N2O6/c1-33-9-17-45(29-35(33)3)51(43-19-11-39(12-20-43)25-26-58-50(54)56-8)47-23-15-41(27-37(47)5)42-16-24-48(38(6)28-42)52(46-18-10-34(2)36(4)30-46)44-21-13-40(14-22-44)31-57-32-49(53)55-7/h9-24,27-30H,25-26,31-32H2,1-8H3. The number of carbonyl (C=O) groups is 2. The van der Waals surface area contributed by atoms with Gasteiger partial charge in [-0.05, 0) is 170 Å². The number of nitrogens with zero attached hydrogens (tertiary/aromatic N) is 2. The third kappa shape index (κ3) is 9.76. The molecule has 6 aromatic carbocycles. The fourth-order valence-electron chi connectivity index (χ4n) is 6.93. The van der Waals surface area contributed by atoms with Crippen molar-refractivity contribution in [2.24, 2.45) is 0 Å². The van der Waals surface area contributed by atoms with Crippen molar-refractivity contribution in [1.82, 2.24) is 0 Å². The van der Waals surface area contributed by atoms with E-state index in [0.29, 0.717) is 13.0 Å². The molecule has 0 fully saturated rings. The minimum absolute atomic E-state index is 0.0857. The molecule has 6 aromatic rings. The summed E-state index contributed by atoms with van der Waals surface area (Å²) in [4.78, 5) is 27.5. The van der Waals surface area contributed by atoms with Crippen molar-refractivity contribution in [1.29, 1.82) is 0 Å². The second kappa shape index (κ2) is 18.7. The molecule has 0 bridgehead atoms. The fraction of sp³-hybridized carbons (Fsp3) is 0.240. The maximum absolute atomic E-state index is 11.5. The first-order valence-corrected chi connectivity index (χ1v) is 19.5. The summed E-state index contributed by atoms with van der Waals surface area (Å²) in [6, 6.07) is 43.1. The Morgan fingerprint density at radius 2 is 0.948 bits per heavy atom. The number of aryl methyl sites for hydroxylation is 6. The van der Waals surface area contributed by atoms with Crippen LogP contribution in [0.2, 0.25) is 0 Å². The number of methoxy groups -OCH3 is 2. The zero-order chi connectivity index (χ0) is 41.3. The van der Waals surface area contributed by atoms with Gasteiger partial charge in [0.25, 0.3) is 0 Å². The van der Waals surface area contributed by atoms with Crippen LogP contribution in [0.15, 0.2) is 121 Å². The zero-order valence-corrected chi connectivity index (χ0v) is 34.7. The molecule has 0 heterocycles. The zero-order valence-electron chi connectivity index (χ0n) is 34.7. The van der Waals surface area contributed by atoms with Gasteiger partial charge in [0, 0.05) is 40.5 Å². The predicted octanol–water partition coefficient (Wildman–Crippen LogP) is 12.2. The Balaban J connectivity index is 1.31. The monoisotopic (exact) mass is 776 g/mol. The Bertz CT molecular complexity index is 2220. The third-order valence-corrected chi connectivity index (χ3v) is 10.6. The molecule has 0 radical (unpaired) electrons. The quantitative estimate of drug-likeness (QED) is 0.101. The van der Waals surface area contributed by atoms with Gasteiger partial charge < -0.3 is 28.7 Å². The number of benzene rings is 6. The van der Waals surface area contributed by atoms with Crippen LogP contribution >= 0.6 is 0 Å². The maximum Gasteiger partial charge on any atom is 0.507 e. The van der Waals surface area contributed by atoms with Gasteiger partial charge in [0.1, 0.15) is 6.61 Å². The molecule has 0 atom stereocenters. The van der Waals surface area contributed by atoms with Crippen molar-refractivity contribution in [3.63, 3.8) is 0 Å². The highest BCUT2D eigenvalue weighted by Gasteiger charge is 2.19. The molecule has 8 heteroatoms. The summed E-state index contributed by atoms with van der Waals surface area (Å²) in [5.41, 5.74) is 17.9. The van der Waals surface area contributed by atoms with Gasteiger partial charge in [-0.2, -0.15) is 0 Å². The van der Waals surface area contributed by atoms with E-state index in [1.165, 1.54) is 36.5 Å². The highest BCUT2D eigenvalue weighted by atomic mass is 16.7. The molecule has 0 N–H and O–H groups in total. The fourth-order valence-corrected chi connectivity index (χ4v) is 6.93. The summed E-state index contributed by atoms with van der Waals surface area (Å²) in [6.45, 7) is 13.4. The lowest BCUT2D eigenvalue weighted by atomic mass is 9.98. The van der Waals surface area contributed by atoms with Crippen molar-refractivity contribution >= 4 is 46.2 Å². The normalized spacial score (nSPS) is 10.9. The Morgan fingerprint density at radius 3 is 1.38 bits per heavy atom. The molecule has 0 aliphatic heterocycles. The van der Waals surface area contributed by atoms with Crippen LogP contribution in [-0.4, -0.2) is 39.6 Å². The van der Waals surface area contributed by atoms with Crippen molar-refractivity contribution < 1.29 is 28.5 Å². The average Bonchev–Trinajstić information content (AvgIpc) is 3.22. The van der Waals surface area contributed by atoms with Gasteiger partial charge in [-0.3, -0.25) is 0 Å². The van der Waals surface area contributed by atoms with E-state index in [1.807, 2.05) is 12.1 Å².